The maximum atomic E-state index is 6.16. The van der Waals surface area contributed by atoms with Crippen LogP contribution in [0.5, 0.6) is 0 Å². The van der Waals surface area contributed by atoms with Gasteiger partial charge in [-0.2, -0.15) is 0 Å². The Labute approximate surface area is 413 Å². The Hall–Kier alpha value is -8.92. The van der Waals surface area contributed by atoms with E-state index in [1.165, 1.54) is 61.2 Å². The van der Waals surface area contributed by atoms with Gasteiger partial charge in [-0.15, -0.1) is 0 Å². The normalized spacial score (nSPS) is 13.7. The summed E-state index contributed by atoms with van der Waals surface area (Å²) in [7, 11) is 0. The van der Waals surface area contributed by atoms with Crippen LogP contribution in [0.2, 0.25) is 0 Å². The van der Waals surface area contributed by atoms with E-state index < -0.39 is 5.41 Å². The summed E-state index contributed by atoms with van der Waals surface area (Å²) < 4.78 is 6.16. The van der Waals surface area contributed by atoms with Crippen molar-refractivity contribution in [2.24, 2.45) is 0 Å². The highest BCUT2D eigenvalue weighted by Gasteiger charge is 2.46. The third-order valence-corrected chi connectivity index (χ3v) is 15.4. The first kappa shape index (κ1) is 41.1. The SMILES string of the molecule is CC1(C)c2ccccc2-c2ccc(-c3ccc(-c4nc(-c5ccc(-c6ccc7oc8ccccc8c7c6)cc5)cc(-c5ccc6c(c5)C(c5ccccc5)(c5ccccc5)c5ccccc5-6)n4)cc3)cc21. The Morgan fingerprint density at radius 1 is 0.310 bits per heavy atom. The molecular weight excluding hydrogens is 861 g/mol. The summed E-state index contributed by atoms with van der Waals surface area (Å²) in [5.41, 5.74) is 23.4. The minimum Gasteiger partial charge on any atom is -0.456 e. The van der Waals surface area contributed by atoms with E-state index in [9.17, 15) is 0 Å². The van der Waals surface area contributed by atoms with Gasteiger partial charge in [-0.05, 0) is 114 Å². The standard InChI is InChI=1S/C68H46N2O/c1-67(2)58-22-12-9-19-52(58)54-36-33-48(40-60(54)67)44-27-31-46(32-28-44)66-69-62(45-29-25-43(26-30-45)47-35-38-65-57(39-47)56-21-11-14-24-64(56)71-65)42-63(70-66)49-34-37-55-53-20-10-13-23-59(53)68(61(55)41-49,50-15-5-3-6-16-50)51-17-7-4-8-18-51/h3-42H,1-2H3. The minimum atomic E-state index is -0.532. The second kappa shape index (κ2) is 15.8. The molecule has 0 atom stereocenters. The van der Waals surface area contributed by atoms with E-state index in [4.69, 9.17) is 14.4 Å². The molecule has 12 aromatic rings. The second-order valence-electron chi connectivity index (χ2n) is 19.6. The summed E-state index contributed by atoms with van der Waals surface area (Å²) in [6.45, 7) is 4.68. The highest BCUT2D eigenvalue weighted by molar-refractivity contribution is 6.06. The van der Waals surface area contributed by atoms with Crippen molar-refractivity contribution in [1.82, 2.24) is 9.97 Å². The molecule has 0 spiro atoms. The highest BCUT2D eigenvalue weighted by Crippen LogP contribution is 2.57. The summed E-state index contributed by atoms with van der Waals surface area (Å²) in [6, 6.07) is 88.0. The van der Waals surface area contributed by atoms with Crippen molar-refractivity contribution in [2.45, 2.75) is 24.7 Å². The molecule has 3 nitrogen and oxygen atoms in total. The average Bonchev–Trinajstić information content (AvgIpc) is 4.04. The predicted molar refractivity (Wildman–Crippen MR) is 291 cm³/mol. The van der Waals surface area contributed by atoms with E-state index in [0.29, 0.717) is 5.82 Å². The summed E-state index contributed by atoms with van der Waals surface area (Å²) in [6.07, 6.45) is 0. The third kappa shape index (κ3) is 6.36. The topological polar surface area (TPSA) is 38.9 Å². The lowest BCUT2D eigenvalue weighted by Crippen LogP contribution is -2.28. The van der Waals surface area contributed by atoms with Gasteiger partial charge in [0, 0.05) is 32.9 Å². The number of hydrogen-bond donors (Lipinski definition) is 0. The van der Waals surface area contributed by atoms with Crippen LogP contribution < -0.4 is 0 Å². The van der Waals surface area contributed by atoms with E-state index in [1.807, 2.05) is 12.1 Å². The molecule has 2 aliphatic rings. The van der Waals surface area contributed by atoms with Crippen molar-refractivity contribution in [3.63, 3.8) is 0 Å². The number of fused-ring (bicyclic) bond motifs is 9. The van der Waals surface area contributed by atoms with Crippen molar-refractivity contribution < 1.29 is 4.42 Å². The first-order valence-corrected chi connectivity index (χ1v) is 24.5. The Balaban J connectivity index is 0.901. The fourth-order valence-electron chi connectivity index (χ4n) is 11.9. The quantitative estimate of drug-likeness (QED) is 0.160. The van der Waals surface area contributed by atoms with Crippen molar-refractivity contribution >= 4 is 21.9 Å². The van der Waals surface area contributed by atoms with Gasteiger partial charge in [0.25, 0.3) is 0 Å². The first-order valence-electron chi connectivity index (χ1n) is 24.5. The average molecular weight is 907 g/mol. The largest absolute Gasteiger partial charge is 0.456 e. The first-order chi connectivity index (χ1) is 34.9. The van der Waals surface area contributed by atoms with E-state index in [2.05, 4.69) is 244 Å². The number of para-hydroxylation sites is 1. The van der Waals surface area contributed by atoms with Crippen LogP contribution >= 0.6 is 0 Å². The maximum absolute atomic E-state index is 6.16. The van der Waals surface area contributed by atoms with Gasteiger partial charge in [0.15, 0.2) is 5.82 Å². The zero-order valence-corrected chi connectivity index (χ0v) is 39.4. The fourth-order valence-corrected chi connectivity index (χ4v) is 11.9. The van der Waals surface area contributed by atoms with Crippen molar-refractivity contribution in [1.29, 1.82) is 0 Å². The Bertz CT molecular complexity index is 4010. The molecule has 0 radical (unpaired) electrons. The highest BCUT2D eigenvalue weighted by atomic mass is 16.3. The molecule has 3 heteroatoms. The van der Waals surface area contributed by atoms with Crippen LogP contribution in [-0.2, 0) is 10.8 Å². The van der Waals surface area contributed by atoms with Gasteiger partial charge < -0.3 is 4.42 Å². The van der Waals surface area contributed by atoms with Crippen molar-refractivity contribution in [2.75, 3.05) is 0 Å². The van der Waals surface area contributed by atoms with Crippen LogP contribution in [0.3, 0.4) is 0 Å². The molecule has 0 unspecified atom stereocenters. The van der Waals surface area contributed by atoms with Crippen LogP contribution in [-0.4, -0.2) is 9.97 Å². The van der Waals surface area contributed by atoms with Gasteiger partial charge in [0.05, 0.1) is 16.8 Å². The third-order valence-electron chi connectivity index (χ3n) is 15.4. The van der Waals surface area contributed by atoms with Crippen molar-refractivity contribution in [3.05, 3.63) is 276 Å². The predicted octanol–water partition coefficient (Wildman–Crippen LogP) is 17.4. The molecule has 2 heterocycles. The number of rotatable bonds is 7. The lowest BCUT2D eigenvalue weighted by Gasteiger charge is -2.34. The molecule has 2 aliphatic carbocycles. The molecule has 0 fully saturated rings. The summed E-state index contributed by atoms with van der Waals surface area (Å²) in [5.74, 6) is 0.678. The van der Waals surface area contributed by atoms with Gasteiger partial charge in [0.1, 0.15) is 11.2 Å². The Morgan fingerprint density at radius 3 is 1.48 bits per heavy atom. The molecule has 2 aromatic heterocycles. The maximum Gasteiger partial charge on any atom is 0.160 e. The molecule has 14 rings (SSSR count). The van der Waals surface area contributed by atoms with Gasteiger partial charge in [0.2, 0.25) is 0 Å². The number of nitrogens with zero attached hydrogens (tertiary/aromatic N) is 2. The molecule has 334 valence electrons. The Morgan fingerprint density at radius 2 is 0.775 bits per heavy atom. The summed E-state index contributed by atoms with van der Waals surface area (Å²) in [5, 5.41) is 2.24. The zero-order chi connectivity index (χ0) is 47.3. The molecule has 0 bridgehead atoms. The Kier molecular flexibility index (Phi) is 9.15. The number of aromatic nitrogens is 2. The van der Waals surface area contributed by atoms with E-state index in [0.717, 1.165) is 66.7 Å². The van der Waals surface area contributed by atoms with Crippen LogP contribution in [0, 0.1) is 0 Å². The van der Waals surface area contributed by atoms with Crippen LogP contribution in [0.15, 0.2) is 247 Å². The minimum absolute atomic E-state index is 0.0741. The van der Waals surface area contributed by atoms with Gasteiger partial charge in [-0.25, -0.2) is 9.97 Å². The molecule has 10 aromatic carbocycles. The lowest BCUT2D eigenvalue weighted by molar-refractivity contribution is 0.660. The van der Waals surface area contributed by atoms with Crippen molar-refractivity contribution in [3.8, 4) is 78.4 Å². The van der Waals surface area contributed by atoms with Crippen LogP contribution in [0.25, 0.3) is 100 Å². The molecule has 0 amide bonds. The monoisotopic (exact) mass is 906 g/mol. The van der Waals surface area contributed by atoms with Crippen LogP contribution in [0.4, 0.5) is 0 Å². The summed E-state index contributed by atoms with van der Waals surface area (Å²) >= 11 is 0. The van der Waals surface area contributed by atoms with E-state index in [-0.39, 0.29) is 5.41 Å². The van der Waals surface area contributed by atoms with Gasteiger partial charge in [-0.1, -0.05) is 220 Å². The molecular formula is C68H46N2O. The summed E-state index contributed by atoms with van der Waals surface area (Å²) in [4.78, 5) is 10.8. The number of furan rings is 1. The number of hydrogen-bond acceptors (Lipinski definition) is 3. The molecule has 0 saturated heterocycles. The fraction of sp³-hybridized carbons (Fsp3) is 0.0588. The lowest BCUT2D eigenvalue weighted by atomic mass is 9.67. The van der Waals surface area contributed by atoms with E-state index in [1.54, 1.807) is 0 Å². The molecule has 0 aliphatic heterocycles. The van der Waals surface area contributed by atoms with Gasteiger partial charge >= 0.3 is 0 Å². The number of benzene rings is 10. The van der Waals surface area contributed by atoms with Gasteiger partial charge in [-0.3, -0.25) is 0 Å². The zero-order valence-electron chi connectivity index (χ0n) is 39.4. The second-order valence-corrected chi connectivity index (χ2v) is 19.6. The molecule has 0 saturated carbocycles. The smallest absolute Gasteiger partial charge is 0.160 e. The van der Waals surface area contributed by atoms with Crippen LogP contribution in [0.1, 0.15) is 47.2 Å². The molecule has 71 heavy (non-hydrogen) atoms. The molecule has 0 N–H and O–H groups in total. The van der Waals surface area contributed by atoms with E-state index >= 15 is 0 Å².